The summed E-state index contributed by atoms with van der Waals surface area (Å²) < 4.78 is 10.1. The molecule has 1 aromatic carbocycles. The first kappa shape index (κ1) is 16.9. The van der Waals surface area contributed by atoms with Gasteiger partial charge in [0.1, 0.15) is 12.2 Å². The molecule has 2 atom stereocenters. The predicted molar refractivity (Wildman–Crippen MR) is 81.5 cm³/mol. The molecule has 0 heterocycles. The molecule has 0 saturated heterocycles. The Hall–Kier alpha value is -2.17. The largest absolute Gasteiger partial charge is 0.466 e. The van der Waals surface area contributed by atoms with Crippen LogP contribution in [0.4, 0.5) is 0 Å². The highest BCUT2D eigenvalue weighted by atomic mass is 16.5. The maximum Gasteiger partial charge on any atom is 0.330 e. The summed E-state index contributed by atoms with van der Waals surface area (Å²) >= 11 is 0. The van der Waals surface area contributed by atoms with E-state index in [0.29, 0.717) is 6.61 Å². The van der Waals surface area contributed by atoms with Gasteiger partial charge in [-0.05, 0) is 11.6 Å². The van der Waals surface area contributed by atoms with Crippen LogP contribution in [0.3, 0.4) is 0 Å². The van der Waals surface area contributed by atoms with Crippen molar-refractivity contribution < 1.29 is 19.4 Å². The van der Waals surface area contributed by atoms with E-state index in [4.69, 9.17) is 4.74 Å². The van der Waals surface area contributed by atoms with E-state index in [9.17, 15) is 9.90 Å². The van der Waals surface area contributed by atoms with Gasteiger partial charge in [-0.3, -0.25) is 0 Å². The van der Waals surface area contributed by atoms with E-state index in [1.807, 2.05) is 30.3 Å². The van der Waals surface area contributed by atoms with E-state index in [0.717, 1.165) is 5.56 Å². The van der Waals surface area contributed by atoms with Crippen LogP contribution >= 0.6 is 0 Å². The lowest BCUT2D eigenvalue weighted by atomic mass is 10.1. The summed E-state index contributed by atoms with van der Waals surface area (Å²) in [4.78, 5) is 11.0. The monoisotopic (exact) mass is 288 g/mol. The van der Waals surface area contributed by atoms with Gasteiger partial charge in [0, 0.05) is 6.08 Å². The minimum atomic E-state index is -0.955. The molecule has 0 aliphatic carbocycles. The Morgan fingerprint density at radius 1 is 1.33 bits per heavy atom. The number of benzene rings is 1. The smallest absolute Gasteiger partial charge is 0.330 e. The maximum absolute atomic E-state index is 11.0. The van der Waals surface area contributed by atoms with Crippen molar-refractivity contribution >= 4 is 5.97 Å². The van der Waals surface area contributed by atoms with Crippen LogP contribution in [0.1, 0.15) is 5.56 Å². The van der Waals surface area contributed by atoms with Crippen molar-refractivity contribution in [1.82, 2.24) is 0 Å². The number of aliphatic hydroxyl groups is 1. The molecule has 4 heteroatoms. The van der Waals surface area contributed by atoms with Gasteiger partial charge in [0.05, 0.1) is 13.7 Å². The topological polar surface area (TPSA) is 55.8 Å². The van der Waals surface area contributed by atoms with E-state index >= 15 is 0 Å². The minimum absolute atomic E-state index is 0.357. The summed E-state index contributed by atoms with van der Waals surface area (Å²) in [5.41, 5.74) is 0.999. The molecular weight excluding hydrogens is 268 g/mol. The average Bonchev–Trinajstić information content (AvgIpc) is 2.53. The molecule has 4 nitrogen and oxygen atoms in total. The number of ether oxygens (including phenoxy) is 2. The third kappa shape index (κ3) is 6.70. The Morgan fingerprint density at radius 2 is 2.05 bits per heavy atom. The zero-order chi connectivity index (χ0) is 15.5. The quantitative estimate of drug-likeness (QED) is 0.453. The summed E-state index contributed by atoms with van der Waals surface area (Å²) in [6.07, 6.45) is 5.94. The summed E-state index contributed by atoms with van der Waals surface area (Å²) in [6.45, 7) is 3.94. The van der Waals surface area contributed by atoms with Gasteiger partial charge >= 0.3 is 5.97 Å². The van der Waals surface area contributed by atoms with Crippen molar-refractivity contribution in [2.24, 2.45) is 0 Å². The molecule has 1 rings (SSSR count). The van der Waals surface area contributed by atoms with Gasteiger partial charge in [-0.25, -0.2) is 4.79 Å². The predicted octanol–water partition coefficient (Wildman–Crippen LogP) is 2.40. The highest BCUT2D eigenvalue weighted by Gasteiger charge is 2.14. The van der Waals surface area contributed by atoms with Crippen molar-refractivity contribution in [1.29, 1.82) is 0 Å². The Morgan fingerprint density at radius 3 is 2.67 bits per heavy atom. The summed E-state index contributed by atoms with van der Waals surface area (Å²) in [5, 5.41) is 10.1. The van der Waals surface area contributed by atoms with Crippen LogP contribution in [0, 0.1) is 0 Å². The maximum atomic E-state index is 11.0. The van der Waals surface area contributed by atoms with Gasteiger partial charge in [0.15, 0.2) is 0 Å². The molecule has 0 radical (unpaired) electrons. The lowest BCUT2D eigenvalue weighted by Gasteiger charge is -2.18. The molecule has 0 bridgehead atoms. The average molecular weight is 288 g/mol. The number of hydrogen-bond acceptors (Lipinski definition) is 4. The molecule has 0 aliphatic heterocycles. The van der Waals surface area contributed by atoms with E-state index in [1.165, 1.54) is 19.3 Å². The zero-order valence-corrected chi connectivity index (χ0v) is 12.0. The lowest BCUT2D eigenvalue weighted by Crippen LogP contribution is -2.25. The van der Waals surface area contributed by atoms with Gasteiger partial charge in [-0.2, -0.15) is 0 Å². The first-order valence-corrected chi connectivity index (χ1v) is 6.56. The molecule has 1 aromatic rings. The normalized spacial score (nSPS) is 14.2. The molecule has 0 fully saturated rings. The van der Waals surface area contributed by atoms with E-state index in [1.54, 1.807) is 18.2 Å². The van der Waals surface area contributed by atoms with Gasteiger partial charge in [-0.15, -0.1) is 0 Å². The van der Waals surface area contributed by atoms with Crippen LogP contribution in [0.25, 0.3) is 0 Å². The number of aliphatic hydroxyl groups excluding tert-OH is 1. The fourth-order valence-electron chi connectivity index (χ4n) is 1.58. The van der Waals surface area contributed by atoms with Crippen molar-refractivity contribution in [2.45, 2.75) is 18.8 Å². The molecular formula is C17H20O4. The van der Waals surface area contributed by atoms with Crippen LogP contribution < -0.4 is 0 Å². The zero-order valence-electron chi connectivity index (χ0n) is 12.0. The number of carbonyl (C=O) groups excluding carboxylic acids is 1. The summed E-state index contributed by atoms with van der Waals surface area (Å²) in [5.74, 6) is -0.524. The molecule has 21 heavy (non-hydrogen) atoms. The van der Waals surface area contributed by atoms with Crippen molar-refractivity contribution in [2.75, 3.05) is 7.11 Å². The van der Waals surface area contributed by atoms with E-state index in [-0.39, 0.29) is 0 Å². The van der Waals surface area contributed by atoms with Crippen LogP contribution in [-0.4, -0.2) is 30.4 Å². The standard InChI is InChI=1S/C17H20O4/c1-3-4-10-16(15(18)11-12-17(19)20-2)21-13-14-8-6-5-7-9-14/h3-12,15-16,18H,1,13H2,2H3/b10-4+,12-11+/t15-,16+/m0/s1. The van der Waals surface area contributed by atoms with Crippen LogP contribution in [0.5, 0.6) is 0 Å². The number of allylic oxidation sites excluding steroid dienone is 2. The Balaban J connectivity index is 2.66. The van der Waals surface area contributed by atoms with Gasteiger partial charge in [0.25, 0.3) is 0 Å². The van der Waals surface area contributed by atoms with Crippen molar-refractivity contribution in [3.05, 3.63) is 72.9 Å². The highest BCUT2D eigenvalue weighted by molar-refractivity contribution is 5.81. The van der Waals surface area contributed by atoms with Crippen molar-refractivity contribution in [3.8, 4) is 0 Å². The third-order valence-electron chi connectivity index (χ3n) is 2.69. The molecule has 0 unspecified atom stereocenters. The van der Waals surface area contributed by atoms with Crippen LogP contribution in [-0.2, 0) is 20.9 Å². The van der Waals surface area contributed by atoms with Gasteiger partial charge in [-0.1, -0.05) is 55.1 Å². The first-order valence-electron chi connectivity index (χ1n) is 6.56. The fourth-order valence-corrected chi connectivity index (χ4v) is 1.58. The molecule has 0 spiro atoms. The molecule has 0 aliphatic rings. The Labute approximate surface area is 125 Å². The Kier molecular flexibility index (Phi) is 7.79. The van der Waals surface area contributed by atoms with Gasteiger partial charge in [0.2, 0.25) is 0 Å². The fraction of sp³-hybridized carbons (Fsp3) is 0.235. The molecule has 112 valence electrons. The second-order valence-corrected chi connectivity index (χ2v) is 4.25. The molecule has 0 amide bonds. The van der Waals surface area contributed by atoms with E-state index in [2.05, 4.69) is 11.3 Å². The number of methoxy groups -OCH3 is 1. The highest BCUT2D eigenvalue weighted by Crippen LogP contribution is 2.09. The SMILES string of the molecule is C=C/C=C/[C@@H](OCc1ccccc1)[C@@H](O)/C=C/C(=O)OC. The lowest BCUT2D eigenvalue weighted by molar-refractivity contribution is -0.134. The number of carbonyl (C=O) groups is 1. The van der Waals surface area contributed by atoms with Crippen molar-refractivity contribution in [3.63, 3.8) is 0 Å². The van der Waals surface area contributed by atoms with Crippen LogP contribution in [0.15, 0.2) is 67.3 Å². The second kappa shape index (κ2) is 9.69. The molecule has 0 saturated carbocycles. The number of hydrogen-bond donors (Lipinski definition) is 1. The number of esters is 1. The Bertz CT molecular complexity index is 491. The van der Waals surface area contributed by atoms with Gasteiger partial charge < -0.3 is 14.6 Å². The number of rotatable bonds is 8. The van der Waals surface area contributed by atoms with Crippen LogP contribution in [0.2, 0.25) is 0 Å². The third-order valence-corrected chi connectivity index (χ3v) is 2.69. The molecule has 0 aromatic heterocycles. The second-order valence-electron chi connectivity index (χ2n) is 4.25. The molecule has 1 N–H and O–H groups in total. The minimum Gasteiger partial charge on any atom is -0.466 e. The summed E-state index contributed by atoms with van der Waals surface area (Å²) in [6, 6.07) is 9.63. The van der Waals surface area contributed by atoms with E-state index < -0.39 is 18.2 Å². The summed E-state index contributed by atoms with van der Waals surface area (Å²) in [7, 11) is 1.28. The first-order chi connectivity index (χ1) is 10.2.